The lowest BCUT2D eigenvalue weighted by Crippen LogP contribution is -2.22. The van der Waals surface area contributed by atoms with Gasteiger partial charge in [0.1, 0.15) is 11.6 Å². The van der Waals surface area contributed by atoms with Gasteiger partial charge in [-0.05, 0) is 40.2 Å². The molecular formula is C15H15Br2FN2O. The summed E-state index contributed by atoms with van der Waals surface area (Å²) in [6, 6.07) is 7.30. The number of pyridine rings is 1. The van der Waals surface area contributed by atoms with Crippen LogP contribution in [0.1, 0.15) is 19.4 Å². The van der Waals surface area contributed by atoms with Crippen molar-refractivity contribution < 1.29 is 9.13 Å². The van der Waals surface area contributed by atoms with Gasteiger partial charge in [0, 0.05) is 22.6 Å². The highest BCUT2D eigenvalue weighted by molar-refractivity contribution is 9.11. The molecule has 1 heterocycles. The van der Waals surface area contributed by atoms with Gasteiger partial charge in [-0.25, -0.2) is 9.37 Å². The van der Waals surface area contributed by atoms with Gasteiger partial charge in [-0.3, -0.25) is 0 Å². The van der Waals surface area contributed by atoms with Crippen LogP contribution in [0.5, 0.6) is 11.6 Å². The average molecular weight is 418 g/mol. The van der Waals surface area contributed by atoms with E-state index in [4.69, 9.17) is 4.74 Å². The Hall–Kier alpha value is -0.980. The normalized spacial score (nSPS) is 11.0. The van der Waals surface area contributed by atoms with Crippen LogP contribution in [0.4, 0.5) is 4.39 Å². The van der Waals surface area contributed by atoms with Gasteiger partial charge in [0.25, 0.3) is 0 Å². The lowest BCUT2D eigenvalue weighted by Gasteiger charge is -2.13. The smallest absolute Gasteiger partial charge is 0.223 e. The minimum absolute atomic E-state index is 0.292. The number of benzene rings is 1. The van der Waals surface area contributed by atoms with Crippen molar-refractivity contribution in [2.75, 3.05) is 0 Å². The maximum absolute atomic E-state index is 13.4. The van der Waals surface area contributed by atoms with Gasteiger partial charge in [0.2, 0.25) is 5.88 Å². The highest BCUT2D eigenvalue weighted by Crippen LogP contribution is 2.32. The van der Waals surface area contributed by atoms with E-state index in [1.807, 2.05) is 32.0 Å². The van der Waals surface area contributed by atoms with Crippen LogP contribution in [0.2, 0.25) is 0 Å². The molecule has 0 amide bonds. The van der Waals surface area contributed by atoms with Crippen molar-refractivity contribution in [2.24, 2.45) is 0 Å². The van der Waals surface area contributed by atoms with Gasteiger partial charge in [-0.2, -0.15) is 0 Å². The van der Waals surface area contributed by atoms with Crippen molar-refractivity contribution in [3.63, 3.8) is 0 Å². The molecule has 0 bridgehead atoms. The summed E-state index contributed by atoms with van der Waals surface area (Å²) >= 11 is 6.82. The molecule has 6 heteroatoms. The van der Waals surface area contributed by atoms with E-state index in [0.717, 1.165) is 15.1 Å². The fraction of sp³-hybridized carbons (Fsp3) is 0.267. The minimum Gasteiger partial charge on any atom is -0.438 e. The molecular weight excluding hydrogens is 403 g/mol. The van der Waals surface area contributed by atoms with Crippen LogP contribution in [0.15, 0.2) is 39.4 Å². The van der Waals surface area contributed by atoms with E-state index in [1.165, 1.54) is 6.07 Å². The fourth-order valence-corrected chi connectivity index (χ4v) is 2.79. The Balaban J connectivity index is 2.26. The summed E-state index contributed by atoms with van der Waals surface area (Å²) < 4.78 is 20.9. The number of halogens is 3. The van der Waals surface area contributed by atoms with E-state index in [-0.39, 0.29) is 5.82 Å². The second-order valence-electron chi connectivity index (χ2n) is 4.83. The molecule has 0 aliphatic heterocycles. The number of rotatable bonds is 5. The molecule has 0 aliphatic carbocycles. The first kappa shape index (κ1) is 16.4. The fourth-order valence-electron chi connectivity index (χ4n) is 1.66. The van der Waals surface area contributed by atoms with E-state index in [9.17, 15) is 4.39 Å². The third-order valence-electron chi connectivity index (χ3n) is 2.69. The first-order valence-corrected chi connectivity index (χ1v) is 8.05. The van der Waals surface area contributed by atoms with Crippen molar-refractivity contribution >= 4 is 31.9 Å². The number of nitrogens with one attached hydrogen (secondary N) is 1. The van der Waals surface area contributed by atoms with E-state index in [0.29, 0.717) is 29.8 Å². The van der Waals surface area contributed by atoms with Gasteiger partial charge in [0.05, 0.1) is 10.7 Å². The molecule has 0 unspecified atom stereocenters. The van der Waals surface area contributed by atoms with Crippen molar-refractivity contribution in [2.45, 2.75) is 26.4 Å². The molecule has 0 spiro atoms. The summed E-state index contributed by atoms with van der Waals surface area (Å²) in [5.74, 6) is 0.647. The zero-order chi connectivity index (χ0) is 15.4. The minimum atomic E-state index is -0.377. The van der Waals surface area contributed by atoms with E-state index in [2.05, 4.69) is 42.2 Å². The average Bonchev–Trinajstić information content (AvgIpc) is 2.41. The molecule has 0 fully saturated rings. The number of hydrogen-bond donors (Lipinski definition) is 1. The number of hydrogen-bond acceptors (Lipinski definition) is 3. The summed E-state index contributed by atoms with van der Waals surface area (Å²) in [5, 5.41) is 3.23. The number of ether oxygens (including phenoxy) is 1. The SMILES string of the molecule is CC(C)NCc1cc(F)cnc1Oc1ccc(Br)cc1Br. The summed E-state index contributed by atoms with van der Waals surface area (Å²) in [6.45, 7) is 4.54. The van der Waals surface area contributed by atoms with E-state index in [1.54, 1.807) is 0 Å². The van der Waals surface area contributed by atoms with Gasteiger partial charge < -0.3 is 10.1 Å². The summed E-state index contributed by atoms with van der Waals surface area (Å²) in [7, 11) is 0. The molecule has 1 N–H and O–H groups in total. The van der Waals surface area contributed by atoms with Gasteiger partial charge in [-0.15, -0.1) is 0 Å². The third-order valence-corrected chi connectivity index (χ3v) is 3.81. The van der Waals surface area contributed by atoms with Gasteiger partial charge in [-0.1, -0.05) is 29.8 Å². The Bertz CT molecular complexity index is 635. The zero-order valence-electron chi connectivity index (χ0n) is 11.7. The number of aromatic nitrogens is 1. The lowest BCUT2D eigenvalue weighted by atomic mass is 10.2. The van der Waals surface area contributed by atoms with Crippen LogP contribution < -0.4 is 10.1 Å². The Morgan fingerprint density at radius 3 is 2.71 bits per heavy atom. The predicted octanol–water partition coefficient (Wildman–Crippen LogP) is 5.04. The number of nitrogens with zero attached hydrogens (tertiary/aromatic N) is 1. The highest BCUT2D eigenvalue weighted by Gasteiger charge is 2.11. The maximum atomic E-state index is 13.4. The van der Waals surface area contributed by atoms with Crippen molar-refractivity contribution in [1.29, 1.82) is 0 Å². The van der Waals surface area contributed by atoms with Crippen LogP contribution in [-0.2, 0) is 6.54 Å². The quantitative estimate of drug-likeness (QED) is 0.740. The Morgan fingerprint density at radius 1 is 1.29 bits per heavy atom. The molecule has 2 rings (SSSR count). The van der Waals surface area contributed by atoms with Crippen LogP contribution in [0.25, 0.3) is 0 Å². The zero-order valence-corrected chi connectivity index (χ0v) is 14.8. The Kier molecular flexibility index (Phi) is 5.72. The van der Waals surface area contributed by atoms with E-state index < -0.39 is 0 Å². The first-order chi connectivity index (χ1) is 9.95. The second kappa shape index (κ2) is 7.33. The molecule has 0 saturated heterocycles. The highest BCUT2D eigenvalue weighted by atomic mass is 79.9. The molecule has 0 radical (unpaired) electrons. The summed E-state index contributed by atoms with van der Waals surface area (Å²) in [6.07, 6.45) is 1.15. The third kappa shape index (κ3) is 4.76. The monoisotopic (exact) mass is 416 g/mol. The molecule has 3 nitrogen and oxygen atoms in total. The van der Waals surface area contributed by atoms with Crippen molar-refractivity contribution in [3.05, 3.63) is 50.8 Å². The molecule has 0 aliphatic rings. The van der Waals surface area contributed by atoms with Crippen LogP contribution in [-0.4, -0.2) is 11.0 Å². The van der Waals surface area contributed by atoms with Crippen LogP contribution in [0, 0.1) is 5.82 Å². The van der Waals surface area contributed by atoms with Crippen LogP contribution >= 0.6 is 31.9 Å². The van der Waals surface area contributed by atoms with E-state index >= 15 is 0 Å². The lowest BCUT2D eigenvalue weighted by molar-refractivity contribution is 0.443. The summed E-state index contributed by atoms with van der Waals surface area (Å²) in [5.41, 5.74) is 0.679. The second-order valence-corrected chi connectivity index (χ2v) is 6.60. The summed E-state index contributed by atoms with van der Waals surface area (Å²) in [4.78, 5) is 4.05. The molecule has 2 aromatic rings. The Labute approximate surface area is 140 Å². The molecule has 21 heavy (non-hydrogen) atoms. The standard InChI is InChI=1S/C15H15Br2FN2O/c1-9(2)19-7-10-5-12(18)8-20-15(10)21-14-4-3-11(16)6-13(14)17/h3-6,8-9,19H,7H2,1-2H3. The van der Waals surface area contributed by atoms with Gasteiger partial charge >= 0.3 is 0 Å². The molecule has 112 valence electrons. The topological polar surface area (TPSA) is 34.2 Å². The van der Waals surface area contributed by atoms with Gasteiger partial charge in [0.15, 0.2) is 0 Å². The molecule has 0 saturated carbocycles. The Morgan fingerprint density at radius 2 is 2.05 bits per heavy atom. The molecule has 1 aromatic carbocycles. The van der Waals surface area contributed by atoms with Crippen molar-refractivity contribution in [1.82, 2.24) is 10.3 Å². The predicted molar refractivity (Wildman–Crippen MR) is 88.1 cm³/mol. The van der Waals surface area contributed by atoms with Crippen LogP contribution in [0.3, 0.4) is 0 Å². The molecule has 0 atom stereocenters. The first-order valence-electron chi connectivity index (χ1n) is 6.46. The maximum Gasteiger partial charge on any atom is 0.223 e. The van der Waals surface area contributed by atoms with Crippen molar-refractivity contribution in [3.8, 4) is 11.6 Å². The largest absolute Gasteiger partial charge is 0.438 e. The molecule has 1 aromatic heterocycles.